The van der Waals surface area contributed by atoms with Crippen LogP contribution in [0.5, 0.6) is 0 Å². The van der Waals surface area contributed by atoms with Gasteiger partial charge in [-0.2, -0.15) is 4.99 Å². The summed E-state index contributed by atoms with van der Waals surface area (Å²) in [5.41, 5.74) is 1.95. The molecule has 2 aliphatic heterocycles. The van der Waals surface area contributed by atoms with Gasteiger partial charge in [0, 0.05) is 49.0 Å². The lowest BCUT2D eigenvalue weighted by Gasteiger charge is -2.36. The number of aliphatic imine (C=N–C) groups is 1. The first-order chi connectivity index (χ1) is 14.0. The zero-order chi connectivity index (χ0) is 20.4. The van der Waals surface area contributed by atoms with Gasteiger partial charge in [-0.05, 0) is 47.7 Å². The third-order valence-electron chi connectivity index (χ3n) is 4.75. The van der Waals surface area contributed by atoms with E-state index in [1.807, 2.05) is 18.2 Å². The Bertz CT molecular complexity index is 997. The van der Waals surface area contributed by atoms with Gasteiger partial charge in [0.2, 0.25) is 0 Å². The van der Waals surface area contributed by atoms with Gasteiger partial charge >= 0.3 is 0 Å². The first-order valence-electron chi connectivity index (χ1n) is 9.02. The number of rotatable bonds is 3. The Morgan fingerprint density at radius 3 is 2.24 bits per heavy atom. The molecule has 2 aliphatic rings. The van der Waals surface area contributed by atoms with Crippen molar-refractivity contribution in [2.45, 2.75) is 0 Å². The number of piperazine rings is 1. The lowest BCUT2D eigenvalue weighted by molar-refractivity contribution is -0.384. The highest BCUT2D eigenvalue weighted by Gasteiger charge is 2.28. The van der Waals surface area contributed by atoms with E-state index in [0.29, 0.717) is 9.93 Å². The van der Waals surface area contributed by atoms with Crippen molar-refractivity contribution in [3.8, 4) is 0 Å². The Morgan fingerprint density at radius 2 is 1.62 bits per heavy atom. The van der Waals surface area contributed by atoms with Crippen LogP contribution in [-0.2, 0) is 4.79 Å². The highest BCUT2D eigenvalue weighted by Crippen LogP contribution is 2.31. The van der Waals surface area contributed by atoms with Gasteiger partial charge in [-0.15, -0.1) is 0 Å². The molecule has 0 spiro atoms. The Kier molecular flexibility index (Phi) is 5.55. The minimum atomic E-state index is -0.399. The number of hydrogen-bond acceptors (Lipinski definition) is 6. The SMILES string of the molecule is O=C1N=C(N2CCN(c3ccc([N+](=O)[O-])cc3)CC2)SC1=Cc1ccc(Cl)cc1. The molecule has 1 saturated heterocycles. The number of nitro groups is 1. The highest BCUT2D eigenvalue weighted by atomic mass is 35.5. The Morgan fingerprint density at radius 1 is 1.00 bits per heavy atom. The maximum absolute atomic E-state index is 12.3. The zero-order valence-electron chi connectivity index (χ0n) is 15.3. The van der Waals surface area contributed by atoms with E-state index in [-0.39, 0.29) is 11.6 Å². The standard InChI is InChI=1S/C20H17ClN4O3S/c21-15-3-1-14(2-4-15)13-18-19(26)22-20(29-18)24-11-9-23(10-12-24)16-5-7-17(8-6-16)25(27)28/h1-8,13H,9-12H2. The number of hydrogen-bond donors (Lipinski definition) is 0. The van der Waals surface area contributed by atoms with Gasteiger partial charge in [-0.3, -0.25) is 14.9 Å². The van der Waals surface area contributed by atoms with Gasteiger partial charge in [0.05, 0.1) is 9.83 Å². The van der Waals surface area contributed by atoms with E-state index in [4.69, 9.17) is 11.6 Å². The maximum Gasteiger partial charge on any atom is 0.286 e. The van der Waals surface area contributed by atoms with Crippen LogP contribution in [0.3, 0.4) is 0 Å². The zero-order valence-corrected chi connectivity index (χ0v) is 16.9. The van der Waals surface area contributed by atoms with Gasteiger partial charge in [0.15, 0.2) is 5.17 Å². The highest BCUT2D eigenvalue weighted by molar-refractivity contribution is 8.18. The summed E-state index contributed by atoms with van der Waals surface area (Å²) >= 11 is 7.29. The molecule has 0 aromatic heterocycles. The summed E-state index contributed by atoms with van der Waals surface area (Å²) in [5.74, 6) is -0.224. The van der Waals surface area contributed by atoms with Crippen molar-refractivity contribution in [1.29, 1.82) is 0 Å². The fraction of sp³-hybridized carbons (Fsp3) is 0.200. The Balaban J connectivity index is 1.37. The summed E-state index contributed by atoms with van der Waals surface area (Å²) in [6.07, 6.45) is 1.83. The number of halogens is 1. The molecule has 2 aromatic rings. The lowest BCUT2D eigenvalue weighted by atomic mass is 10.2. The van der Waals surface area contributed by atoms with Crippen molar-refractivity contribution in [2.24, 2.45) is 4.99 Å². The molecule has 148 valence electrons. The van der Waals surface area contributed by atoms with E-state index >= 15 is 0 Å². The number of nitro benzene ring substituents is 1. The number of amidine groups is 1. The van der Waals surface area contributed by atoms with Gasteiger partial charge in [0.25, 0.3) is 11.6 Å². The van der Waals surface area contributed by atoms with Gasteiger partial charge in [-0.25, -0.2) is 0 Å². The second-order valence-corrected chi connectivity index (χ2v) is 8.05. The second kappa shape index (κ2) is 8.26. The predicted octanol–water partition coefficient (Wildman–Crippen LogP) is 4.04. The quantitative estimate of drug-likeness (QED) is 0.417. The molecule has 0 saturated carbocycles. The van der Waals surface area contributed by atoms with Crippen molar-refractivity contribution < 1.29 is 9.72 Å². The van der Waals surface area contributed by atoms with Crippen LogP contribution >= 0.6 is 23.4 Å². The number of thioether (sulfide) groups is 1. The first-order valence-corrected chi connectivity index (χ1v) is 10.2. The maximum atomic E-state index is 12.3. The number of nitrogens with zero attached hydrogens (tertiary/aromatic N) is 4. The molecule has 0 aliphatic carbocycles. The van der Waals surface area contributed by atoms with Crippen LogP contribution in [0.25, 0.3) is 6.08 Å². The average Bonchev–Trinajstić information content (AvgIpc) is 3.10. The van der Waals surface area contributed by atoms with Crippen LogP contribution in [-0.4, -0.2) is 47.1 Å². The first kappa shape index (κ1) is 19.5. The number of non-ortho nitro benzene ring substituents is 1. The molecule has 29 heavy (non-hydrogen) atoms. The minimum Gasteiger partial charge on any atom is -0.368 e. The number of benzene rings is 2. The molecule has 7 nitrogen and oxygen atoms in total. The molecule has 4 rings (SSSR count). The van der Waals surface area contributed by atoms with Crippen LogP contribution < -0.4 is 4.90 Å². The molecule has 1 amide bonds. The summed E-state index contributed by atoms with van der Waals surface area (Å²) in [6.45, 7) is 2.96. The van der Waals surface area contributed by atoms with Crippen LogP contribution in [0.15, 0.2) is 58.4 Å². The molecule has 1 fully saturated rings. The van der Waals surface area contributed by atoms with Gasteiger partial charge in [-0.1, -0.05) is 23.7 Å². The minimum absolute atomic E-state index is 0.0858. The van der Waals surface area contributed by atoms with E-state index in [9.17, 15) is 14.9 Å². The monoisotopic (exact) mass is 428 g/mol. The molecule has 0 radical (unpaired) electrons. The fourth-order valence-corrected chi connectivity index (χ4v) is 4.28. The third kappa shape index (κ3) is 4.44. The third-order valence-corrected chi connectivity index (χ3v) is 6.05. The average molecular weight is 429 g/mol. The topological polar surface area (TPSA) is 79.0 Å². The molecular formula is C20H17ClN4O3S. The summed E-state index contributed by atoms with van der Waals surface area (Å²) in [5, 5.41) is 12.2. The van der Waals surface area contributed by atoms with Crippen LogP contribution in [0.2, 0.25) is 5.02 Å². The van der Waals surface area contributed by atoms with E-state index in [2.05, 4.69) is 14.8 Å². The van der Waals surface area contributed by atoms with E-state index < -0.39 is 4.92 Å². The molecule has 0 N–H and O–H groups in total. The number of anilines is 1. The predicted molar refractivity (Wildman–Crippen MR) is 116 cm³/mol. The fourth-order valence-electron chi connectivity index (χ4n) is 3.18. The molecule has 0 atom stereocenters. The number of carbonyl (C=O) groups excluding carboxylic acids is 1. The number of carbonyl (C=O) groups is 1. The van der Waals surface area contributed by atoms with E-state index in [1.54, 1.807) is 24.3 Å². The summed E-state index contributed by atoms with van der Waals surface area (Å²) in [7, 11) is 0. The van der Waals surface area contributed by atoms with Crippen LogP contribution in [0.1, 0.15) is 5.56 Å². The van der Waals surface area contributed by atoms with Crippen molar-refractivity contribution in [3.05, 3.63) is 74.1 Å². The van der Waals surface area contributed by atoms with Gasteiger partial charge in [0.1, 0.15) is 0 Å². The molecule has 2 aromatic carbocycles. The molecule has 0 bridgehead atoms. The smallest absolute Gasteiger partial charge is 0.286 e. The molecular weight excluding hydrogens is 412 g/mol. The van der Waals surface area contributed by atoms with E-state index in [1.165, 1.54) is 23.9 Å². The largest absolute Gasteiger partial charge is 0.368 e. The summed E-state index contributed by atoms with van der Waals surface area (Å²) in [4.78, 5) is 31.8. The molecule has 0 unspecified atom stereocenters. The van der Waals surface area contributed by atoms with Crippen molar-refractivity contribution in [3.63, 3.8) is 0 Å². The summed E-state index contributed by atoms with van der Waals surface area (Å²) in [6, 6.07) is 13.9. The summed E-state index contributed by atoms with van der Waals surface area (Å²) < 4.78 is 0. The van der Waals surface area contributed by atoms with E-state index in [0.717, 1.165) is 42.6 Å². The van der Waals surface area contributed by atoms with Crippen molar-refractivity contribution in [1.82, 2.24) is 4.90 Å². The Hall–Kier alpha value is -2.84. The second-order valence-electron chi connectivity index (χ2n) is 6.61. The van der Waals surface area contributed by atoms with Crippen molar-refractivity contribution >= 4 is 51.9 Å². The van der Waals surface area contributed by atoms with Gasteiger partial charge < -0.3 is 9.80 Å². The lowest BCUT2D eigenvalue weighted by Crippen LogP contribution is -2.47. The molecule has 2 heterocycles. The van der Waals surface area contributed by atoms with Crippen LogP contribution in [0, 0.1) is 10.1 Å². The normalized spacial score (nSPS) is 18.3. The molecule has 9 heteroatoms. The Labute approximate surface area is 176 Å². The van der Waals surface area contributed by atoms with Crippen LogP contribution in [0.4, 0.5) is 11.4 Å². The van der Waals surface area contributed by atoms with Crippen molar-refractivity contribution in [2.75, 3.05) is 31.1 Å². The number of amides is 1.